The molecule has 1 aliphatic carbocycles. The molecule has 1 aliphatic rings. The summed E-state index contributed by atoms with van der Waals surface area (Å²) in [7, 11) is 0. The van der Waals surface area contributed by atoms with Gasteiger partial charge in [-0.15, -0.1) is 0 Å². The predicted octanol–water partition coefficient (Wildman–Crippen LogP) is 0.392. The van der Waals surface area contributed by atoms with Crippen molar-refractivity contribution in [2.45, 2.75) is 45.6 Å². The second kappa shape index (κ2) is 7.36. The molecule has 1 fully saturated rings. The molecule has 0 aliphatic heterocycles. The van der Waals surface area contributed by atoms with Crippen LogP contribution in [0.2, 0.25) is 0 Å². The minimum atomic E-state index is -0.127. The number of rotatable bonds is 5. The Morgan fingerprint density at radius 2 is 2.00 bits per heavy atom. The lowest BCUT2D eigenvalue weighted by Crippen LogP contribution is -2.46. The zero-order valence-electron chi connectivity index (χ0n) is 11.4. The highest BCUT2D eigenvalue weighted by Crippen LogP contribution is 2.28. The summed E-state index contributed by atoms with van der Waals surface area (Å²) in [5, 5.41) is 5.44. The van der Waals surface area contributed by atoms with Gasteiger partial charge in [-0.3, -0.25) is 9.59 Å². The van der Waals surface area contributed by atoms with Crippen LogP contribution in [0.3, 0.4) is 0 Å². The molecule has 1 rings (SSSR count). The van der Waals surface area contributed by atoms with Gasteiger partial charge in [0.05, 0.1) is 6.54 Å². The Labute approximate surface area is 109 Å². The van der Waals surface area contributed by atoms with Crippen LogP contribution in [0.5, 0.6) is 0 Å². The van der Waals surface area contributed by atoms with Crippen LogP contribution >= 0.6 is 0 Å². The van der Waals surface area contributed by atoms with Gasteiger partial charge in [-0.2, -0.15) is 0 Å². The van der Waals surface area contributed by atoms with E-state index in [0.717, 1.165) is 25.7 Å². The third-order valence-electron chi connectivity index (χ3n) is 3.69. The molecule has 1 saturated carbocycles. The van der Waals surface area contributed by atoms with Gasteiger partial charge < -0.3 is 16.4 Å². The monoisotopic (exact) mass is 255 g/mol. The lowest BCUT2D eigenvalue weighted by molar-refractivity contribution is -0.130. The summed E-state index contributed by atoms with van der Waals surface area (Å²) < 4.78 is 0. The van der Waals surface area contributed by atoms with Gasteiger partial charge in [-0.1, -0.05) is 20.3 Å². The van der Waals surface area contributed by atoms with Crippen LogP contribution in [0, 0.1) is 11.8 Å². The van der Waals surface area contributed by atoms with Crippen molar-refractivity contribution in [2.24, 2.45) is 17.6 Å². The molecule has 0 heterocycles. The Hall–Kier alpha value is -1.10. The molecule has 0 radical (unpaired) electrons. The van der Waals surface area contributed by atoms with Gasteiger partial charge in [0.15, 0.2) is 0 Å². The SMILES string of the molecule is CCCNC(=O)CNC(=O)C1CCCC(N)C1C. The number of carbonyl (C=O) groups excluding carboxylic acids is 2. The first-order valence-electron chi connectivity index (χ1n) is 6.86. The van der Waals surface area contributed by atoms with Crippen molar-refractivity contribution in [1.29, 1.82) is 0 Å². The molecule has 2 amide bonds. The molecular formula is C13H25N3O2. The van der Waals surface area contributed by atoms with Crippen molar-refractivity contribution >= 4 is 11.8 Å². The summed E-state index contributed by atoms with van der Waals surface area (Å²) >= 11 is 0. The van der Waals surface area contributed by atoms with Gasteiger partial charge in [-0.25, -0.2) is 0 Å². The average Bonchev–Trinajstić information content (AvgIpc) is 2.36. The maximum atomic E-state index is 12.0. The van der Waals surface area contributed by atoms with Gasteiger partial charge in [0.2, 0.25) is 11.8 Å². The van der Waals surface area contributed by atoms with Crippen molar-refractivity contribution in [2.75, 3.05) is 13.1 Å². The molecule has 18 heavy (non-hydrogen) atoms. The Morgan fingerprint density at radius 1 is 1.28 bits per heavy atom. The van der Waals surface area contributed by atoms with E-state index in [4.69, 9.17) is 5.73 Å². The third kappa shape index (κ3) is 4.29. The van der Waals surface area contributed by atoms with Crippen molar-refractivity contribution in [3.8, 4) is 0 Å². The quantitative estimate of drug-likeness (QED) is 0.664. The van der Waals surface area contributed by atoms with Gasteiger partial charge >= 0.3 is 0 Å². The zero-order chi connectivity index (χ0) is 13.5. The first-order valence-corrected chi connectivity index (χ1v) is 6.86. The third-order valence-corrected chi connectivity index (χ3v) is 3.69. The Kier molecular flexibility index (Phi) is 6.12. The van der Waals surface area contributed by atoms with E-state index in [1.807, 2.05) is 13.8 Å². The fourth-order valence-corrected chi connectivity index (χ4v) is 2.39. The van der Waals surface area contributed by atoms with Gasteiger partial charge in [0, 0.05) is 18.5 Å². The van der Waals surface area contributed by atoms with Crippen molar-refractivity contribution in [3.05, 3.63) is 0 Å². The molecule has 0 aromatic heterocycles. The summed E-state index contributed by atoms with van der Waals surface area (Å²) in [5.41, 5.74) is 5.97. The van der Waals surface area contributed by atoms with Crippen LogP contribution in [-0.2, 0) is 9.59 Å². The van der Waals surface area contributed by atoms with Gasteiger partial charge in [0.25, 0.3) is 0 Å². The van der Waals surface area contributed by atoms with E-state index in [-0.39, 0.29) is 36.2 Å². The Balaban J connectivity index is 2.33. The molecule has 3 unspecified atom stereocenters. The molecule has 5 nitrogen and oxygen atoms in total. The molecule has 0 aromatic carbocycles. The molecule has 0 spiro atoms. The standard InChI is InChI=1S/C13H25N3O2/c1-3-7-15-12(17)8-16-13(18)10-5-4-6-11(14)9(10)2/h9-11H,3-8,14H2,1-2H3,(H,15,17)(H,16,18). The largest absolute Gasteiger partial charge is 0.355 e. The van der Waals surface area contributed by atoms with E-state index in [0.29, 0.717) is 6.54 Å². The van der Waals surface area contributed by atoms with Crippen LogP contribution < -0.4 is 16.4 Å². The zero-order valence-corrected chi connectivity index (χ0v) is 11.4. The summed E-state index contributed by atoms with van der Waals surface area (Å²) in [4.78, 5) is 23.4. The Bertz CT molecular complexity index is 294. The topological polar surface area (TPSA) is 84.2 Å². The average molecular weight is 255 g/mol. The van der Waals surface area contributed by atoms with Crippen LogP contribution in [0.1, 0.15) is 39.5 Å². The van der Waals surface area contributed by atoms with Gasteiger partial charge in [-0.05, 0) is 25.2 Å². The summed E-state index contributed by atoms with van der Waals surface area (Å²) in [6.07, 6.45) is 3.75. The number of hydrogen-bond acceptors (Lipinski definition) is 3. The molecule has 0 bridgehead atoms. The highest BCUT2D eigenvalue weighted by Gasteiger charge is 2.32. The lowest BCUT2D eigenvalue weighted by atomic mass is 9.77. The van der Waals surface area contributed by atoms with Crippen LogP contribution in [-0.4, -0.2) is 30.9 Å². The molecule has 5 heteroatoms. The number of nitrogens with one attached hydrogen (secondary N) is 2. The first kappa shape index (κ1) is 15.0. The number of carbonyl (C=O) groups is 2. The molecule has 3 atom stereocenters. The van der Waals surface area contributed by atoms with Crippen LogP contribution in [0.25, 0.3) is 0 Å². The van der Waals surface area contributed by atoms with Gasteiger partial charge in [0.1, 0.15) is 0 Å². The highest BCUT2D eigenvalue weighted by molar-refractivity contribution is 5.85. The summed E-state index contributed by atoms with van der Waals surface area (Å²) in [6.45, 7) is 4.73. The van der Waals surface area contributed by atoms with E-state index < -0.39 is 0 Å². The van der Waals surface area contributed by atoms with Crippen molar-refractivity contribution in [1.82, 2.24) is 10.6 Å². The normalized spacial score (nSPS) is 27.6. The van der Waals surface area contributed by atoms with E-state index in [9.17, 15) is 9.59 Å². The minimum absolute atomic E-state index is 0.0377. The predicted molar refractivity (Wildman–Crippen MR) is 70.8 cm³/mol. The smallest absolute Gasteiger partial charge is 0.239 e. The second-order valence-electron chi connectivity index (χ2n) is 5.13. The maximum absolute atomic E-state index is 12.0. The van der Waals surface area contributed by atoms with E-state index in [1.54, 1.807) is 0 Å². The molecule has 4 N–H and O–H groups in total. The molecule has 0 saturated heterocycles. The van der Waals surface area contributed by atoms with Crippen LogP contribution in [0.15, 0.2) is 0 Å². The molecule has 104 valence electrons. The number of nitrogens with two attached hydrogens (primary N) is 1. The number of amides is 2. The second-order valence-corrected chi connectivity index (χ2v) is 5.13. The maximum Gasteiger partial charge on any atom is 0.239 e. The highest BCUT2D eigenvalue weighted by atomic mass is 16.2. The fourth-order valence-electron chi connectivity index (χ4n) is 2.39. The summed E-state index contributed by atoms with van der Waals surface area (Å²) in [5.74, 6) is -0.0209. The minimum Gasteiger partial charge on any atom is -0.355 e. The van der Waals surface area contributed by atoms with E-state index in [2.05, 4.69) is 10.6 Å². The van der Waals surface area contributed by atoms with Crippen LogP contribution in [0.4, 0.5) is 0 Å². The van der Waals surface area contributed by atoms with E-state index >= 15 is 0 Å². The number of hydrogen-bond donors (Lipinski definition) is 3. The first-order chi connectivity index (χ1) is 8.56. The summed E-state index contributed by atoms with van der Waals surface area (Å²) in [6, 6.07) is 0.100. The molecular weight excluding hydrogens is 230 g/mol. The Morgan fingerprint density at radius 3 is 2.67 bits per heavy atom. The lowest BCUT2D eigenvalue weighted by Gasteiger charge is -2.32. The molecule has 0 aromatic rings. The van der Waals surface area contributed by atoms with Crippen molar-refractivity contribution in [3.63, 3.8) is 0 Å². The fraction of sp³-hybridized carbons (Fsp3) is 0.846. The van der Waals surface area contributed by atoms with E-state index in [1.165, 1.54) is 0 Å². The van der Waals surface area contributed by atoms with Crippen molar-refractivity contribution < 1.29 is 9.59 Å².